The molecule has 0 amide bonds. The number of hydrogen-bond acceptors (Lipinski definition) is 4. The summed E-state index contributed by atoms with van der Waals surface area (Å²) < 4.78 is 18.9. The molecule has 0 radical (unpaired) electrons. The van der Waals surface area contributed by atoms with Crippen LogP contribution in [0.4, 0.5) is 4.39 Å². The fraction of sp³-hybridized carbons (Fsp3) is 0.571. The van der Waals surface area contributed by atoms with Crippen LogP contribution in [0.5, 0.6) is 5.75 Å². The molecule has 4 nitrogen and oxygen atoms in total. The molecule has 2 atom stereocenters. The molecule has 0 aliphatic rings. The second kappa shape index (κ2) is 13.1. The van der Waals surface area contributed by atoms with Crippen LogP contribution in [0.1, 0.15) is 71.6 Å². The summed E-state index contributed by atoms with van der Waals surface area (Å²) in [5, 5.41) is 7.41. The first-order valence-electron chi connectivity index (χ1n) is 12.3. The van der Waals surface area contributed by atoms with Crippen molar-refractivity contribution in [3.63, 3.8) is 0 Å². The number of rotatable bonds is 14. The van der Waals surface area contributed by atoms with Crippen LogP contribution in [-0.4, -0.2) is 24.7 Å². The Balaban J connectivity index is 1.93. The van der Waals surface area contributed by atoms with E-state index >= 15 is 0 Å². The van der Waals surface area contributed by atoms with Crippen LogP contribution in [0, 0.1) is 17.7 Å². The topological polar surface area (TPSA) is 59.3 Å². The molecule has 2 rings (SSSR count). The van der Waals surface area contributed by atoms with Crippen molar-refractivity contribution in [2.45, 2.75) is 78.6 Å². The van der Waals surface area contributed by atoms with Gasteiger partial charge in [-0.1, -0.05) is 52.0 Å². The third-order valence-corrected chi connectivity index (χ3v) is 5.72. The van der Waals surface area contributed by atoms with E-state index in [9.17, 15) is 4.39 Å². The Morgan fingerprint density at radius 3 is 2.09 bits per heavy atom. The normalized spacial score (nSPS) is 14.0. The summed E-state index contributed by atoms with van der Waals surface area (Å²) >= 11 is 0. The SMILES string of the molecule is CC(C)CC(N)CNC(C)(C)CN[C@@H](CC(C)C)c1ccc(OCc2ccc(F)cc2)cc1. The highest BCUT2D eigenvalue weighted by Crippen LogP contribution is 2.24. The highest BCUT2D eigenvalue weighted by molar-refractivity contribution is 5.30. The molecule has 0 aliphatic carbocycles. The predicted molar refractivity (Wildman–Crippen MR) is 137 cm³/mol. The Morgan fingerprint density at radius 2 is 1.52 bits per heavy atom. The van der Waals surface area contributed by atoms with E-state index in [1.165, 1.54) is 17.7 Å². The third kappa shape index (κ3) is 10.7. The van der Waals surface area contributed by atoms with Gasteiger partial charge in [0.15, 0.2) is 0 Å². The van der Waals surface area contributed by atoms with Gasteiger partial charge in [-0.05, 0) is 73.9 Å². The summed E-state index contributed by atoms with van der Waals surface area (Å²) in [5.41, 5.74) is 8.41. The van der Waals surface area contributed by atoms with E-state index in [4.69, 9.17) is 10.5 Å². The number of halogens is 1. The van der Waals surface area contributed by atoms with Crippen molar-refractivity contribution < 1.29 is 9.13 Å². The molecule has 0 saturated heterocycles. The van der Waals surface area contributed by atoms with E-state index in [2.05, 4.69) is 64.3 Å². The molecule has 33 heavy (non-hydrogen) atoms. The summed E-state index contributed by atoms with van der Waals surface area (Å²) in [5.74, 6) is 1.77. The zero-order valence-electron chi connectivity index (χ0n) is 21.3. The smallest absolute Gasteiger partial charge is 0.123 e. The van der Waals surface area contributed by atoms with Crippen LogP contribution in [-0.2, 0) is 6.61 Å². The second-order valence-electron chi connectivity index (χ2n) is 10.7. The molecule has 184 valence electrons. The summed E-state index contributed by atoms with van der Waals surface area (Å²) in [6.45, 7) is 15.5. The lowest BCUT2D eigenvalue weighted by atomic mass is 9.95. The molecular weight excluding hydrogens is 413 g/mol. The van der Waals surface area contributed by atoms with E-state index in [-0.39, 0.29) is 23.4 Å². The van der Waals surface area contributed by atoms with E-state index in [0.717, 1.165) is 37.2 Å². The minimum atomic E-state index is -0.233. The maximum atomic E-state index is 13.1. The number of hydrogen-bond donors (Lipinski definition) is 3. The largest absolute Gasteiger partial charge is 0.489 e. The van der Waals surface area contributed by atoms with Crippen molar-refractivity contribution in [1.29, 1.82) is 0 Å². The van der Waals surface area contributed by atoms with Gasteiger partial charge in [0.2, 0.25) is 0 Å². The number of nitrogens with two attached hydrogens (primary N) is 1. The monoisotopic (exact) mass is 457 g/mol. The van der Waals surface area contributed by atoms with Crippen LogP contribution < -0.4 is 21.1 Å². The van der Waals surface area contributed by atoms with Gasteiger partial charge in [0.05, 0.1) is 0 Å². The van der Waals surface area contributed by atoms with E-state index in [0.29, 0.717) is 18.4 Å². The van der Waals surface area contributed by atoms with Crippen molar-refractivity contribution in [1.82, 2.24) is 10.6 Å². The quantitative estimate of drug-likeness (QED) is 0.334. The van der Waals surface area contributed by atoms with Gasteiger partial charge in [-0.25, -0.2) is 4.39 Å². The van der Waals surface area contributed by atoms with Gasteiger partial charge in [0.25, 0.3) is 0 Å². The lowest BCUT2D eigenvalue weighted by Crippen LogP contribution is -2.52. The fourth-order valence-corrected chi connectivity index (χ4v) is 3.89. The minimum absolute atomic E-state index is 0.0535. The molecule has 5 heteroatoms. The lowest BCUT2D eigenvalue weighted by Gasteiger charge is -2.32. The Labute approximate surface area is 200 Å². The molecule has 4 N–H and O–H groups in total. The van der Waals surface area contributed by atoms with Crippen LogP contribution >= 0.6 is 0 Å². The van der Waals surface area contributed by atoms with Crippen molar-refractivity contribution in [3.8, 4) is 5.75 Å². The Bertz CT molecular complexity index is 803. The molecular formula is C28H44FN3O. The average molecular weight is 458 g/mol. The Morgan fingerprint density at radius 1 is 0.909 bits per heavy atom. The van der Waals surface area contributed by atoms with Crippen LogP contribution in [0.3, 0.4) is 0 Å². The third-order valence-electron chi connectivity index (χ3n) is 5.72. The van der Waals surface area contributed by atoms with Crippen molar-refractivity contribution in [2.75, 3.05) is 13.1 Å². The molecule has 0 heterocycles. The van der Waals surface area contributed by atoms with Crippen LogP contribution in [0.2, 0.25) is 0 Å². The van der Waals surface area contributed by atoms with E-state index in [1.54, 1.807) is 12.1 Å². The van der Waals surface area contributed by atoms with Crippen molar-refractivity contribution in [2.24, 2.45) is 17.6 Å². The fourth-order valence-electron chi connectivity index (χ4n) is 3.89. The van der Waals surface area contributed by atoms with Crippen LogP contribution in [0.15, 0.2) is 48.5 Å². The summed E-state index contributed by atoms with van der Waals surface area (Å²) in [6.07, 6.45) is 2.08. The molecule has 0 saturated carbocycles. The summed E-state index contributed by atoms with van der Waals surface area (Å²) in [7, 11) is 0. The molecule has 0 bridgehead atoms. The van der Waals surface area contributed by atoms with Gasteiger partial charge in [-0.3, -0.25) is 0 Å². The van der Waals surface area contributed by atoms with Gasteiger partial charge in [-0.15, -0.1) is 0 Å². The first-order valence-corrected chi connectivity index (χ1v) is 12.3. The zero-order chi connectivity index (χ0) is 24.4. The second-order valence-corrected chi connectivity index (χ2v) is 10.7. The molecule has 2 aromatic carbocycles. The molecule has 0 aliphatic heterocycles. The van der Waals surface area contributed by atoms with Crippen molar-refractivity contribution in [3.05, 3.63) is 65.5 Å². The summed E-state index contributed by atoms with van der Waals surface area (Å²) in [4.78, 5) is 0. The van der Waals surface area contributed by atoms with Gasteiger partial charge >= 0.3 is 0 Å². The van der Waals surface area contributed by atoms with E-state index < -0.39 is 0 Å². The Kier molecular flexibility index (Phi) is 10.8. The molecule has 0 fully saturated rings. The average Bonchev–Trinajstić information content (AvgIpc) is 2.75. The molecule has 1 unspecified atom stereocenters. The van der Waals surface area contributed by atoms with Gasteiger partial charge in [0.1, 0.15) is 18.2 Å². The van der Waals surface area contributed by atoms with Gasteiger partial charge < -0.3 is 21.1 Å². The molecule has 0 aromatic heterocycles. The maximum absolute atomic E-state index is 13.1. The van der Waals surface area contributed by atoms with Gasteiger partial charge in [-0.2, -0.15) is 0 Å². The molecule has 0 spiro atoms. The Hall–Kier alpha value is -1.95. The predicted octanol–water partition coefficient (Wildman–Crippen LogP) is 5.82. The number of benzene rings is 2. The van der Waals surface area contributed by atoms with Crippen LogP contribution in [0.25, 0.3) is 0 Å². The minimum Gasteiger partial charge on any atom is -0.489 e. The number of nitrogens with one attached hydrogen (secondary N) is 2. The molecule has 2 aromatic rings. The standard InChI is InChI=1S/C28H44FN3O/c1-20(2)15-25(30)17-32-28(5,6)19-31-27(16-21(3)4)23-9-13-26(14-10-23)33-18-22-7-11-24(29)12-8-22/h7-14,20-21,25,27,31-32H,15-19,30H2,1-6H3/t25?,27-/m0/s1. The lowest BCUT2D eigenvalue weighted by molar-refractivity contribution is 0.304. The zero-order valence-corrected chi connectivity index (χ0v) is 21.3. The van der Waals surface area contributed by atoms with Gasteiger partial charge in [0, 0.05) is 30.7 Å². The van der Waals surface area contributed by atoms with Crippen molar-refractivity contribution >= 4 is 0 Å². The first-order chi connectivity index (χ1) is 15.5. The van der Waals surface area contributed by atoms with E-state index in [1.807, 2.05) is 12.1 Å². The summed E-state index contributed by atoms with van der Waals surface area (Å²) in [6, 6.07) is 15.2. The highest BCUT2D eigenvalue weighted by atomic mass is 19.1. The first kappa shape index (κ1) is 27.3. The number of ether oxygens (including phenoxy) is 1. The maximum Gasteiger partial charge on any atom is 0.123 e. The highest BCUT2D eigenvalue weighted by Gasteiger charge is 2.21.